The van der Waals surface area contributed by atoms with E-state index in [1.165, 1.54) is 5.56 Å². The van der Waals surface area contributed by atoms with Gasteiger partial charge in [0.15, 0.2) is 0 Å². The van der Waals surface area contributed by atoms with Gasteiger partial charge in [-0.1, -0.05) is 37.6 Å². The lowest BCUT2D eigenvalue weighted by Gasteiger charge is -2.21. The Morgan fingerprint density at radius 3 is 2.28 bits per heavy atom. The molecule has 0 aliphatic heterocycles. The molecule has 0 aromatic heterocycles. The van der Waals surface area contributed by atoms with Crippen LogP contribution in [0.2, 0.25) is 0 Å². The fraction of sp³-hybridized carbons (Fsp3) is 0.571. The van der Waals surface area contributed by atoms with Gasteiger partial charge in [-0.05, 0) is 24.6 Å². The molecule has 0 spiro atoms. The maximum atomic E-state index is 12.2. The maximum Gasteiger partial charge on any atom is 0.251 e. The lowest BCUT2D eigenvalue weighted by molar-refractivity contribution is 0.0978. The summed E-state index contributed by atoms with van der Waals surface area (Å²) in [7, 11) is 1.66. The van der Waals surface area contributed by atoms with Crippen molar-refractivity contribution in [3.63, 3.8) is 0 Å². The first-order chi connectivity index (χ1) is 8.52. The van der Waals surface area contributed by atoms with Crippen LogP contribution in [0.15, 0.2) is 24.3 Å². The fourth-order valence-corrected chi connectivity index (χ4v) is 1.97. The van der Waals surface area contributed by atoms with Crippen LogP contribution in [-0.4, -0.2) is 31.5 Å². The molecule has 0 saturated heterocycles. The molecule has 0 fully saturated rings. The summed E-state index contributed by atoms with van der Waals surface area (Å²) < 4.78 is 24.4. The molecule has 0 saturated carbocycles. The van der Waals surface area contributed by atoms with Crippen molar-refractivity contribution in [1.29, 1.82) is 0 Å². The second-order valence-corrected chi connectivity index (χ2v) is 4.71. The topological polar surface area (TPSA) is 29.3 Å². The number of halogens is 2. The molecule has 0 heterocycles. The number of hydrogen-bond acceptors (Lipinski definition) is 2. The van der Waals surface area contributed by atoms with Gasteiger partial charge in [0.2, 0.25) is 0 Å². The van der Waals surface area contributed by atoms with Crippen LogP contribution in [0.1, 0.15) is 30.5 Å². The third kappa shape index (κ3) is 5.10. The van der Waals surface area contributed by atoms with Gasteiger partial charge in [-0.2, -0.15) is 0 Å². The molecule has 1 atom stereocenters. The van der Waals surface area contributed by atoms with Gasteiger partial charge in [-0.15, -0.1) is 0 Å². The first-order valence-electron chi connectivity index (χ1n) is 6.34. The molecule has 2 nitrogen and oxygen atoms in total. The number of alkyl halides is 2. The summed E-state index contributed by atoms with van der Waals surface area (Å²) in [5, 5.41) is 0. The van der Waals surface area contributed by atoms with Gasteiger partial charge < -0.3 is 5.73 Å². The molecule has 1 aromatic rings. The number of rotatable bonds is 7. The molecular formula is C14H22F2N2. The van der Waals surface area contributed by atoms with Crippen molar-refractivity contribution in [3.8, 4) is 0 Å². The second kappa shape index (κ2) is 7.44. The van der Waals surface area contributed by atoms with Gasteiger partial charge >= 0.3 is 0 Å². The molecule has 102 valence electrons. The van der Waals surface area contributed by atoms with Crippen LogP contribution in [0.5, 0.6) is 0 Å². The van der Waals surface area contributed by atoms with Crippen molar-refractivity contribution >= 4 is 0 Å². The average Bonchev–Trinajstić information content (AvgIpc) is 2.29. The molecular weight excluding hydrogens is 234 g/mol. The molecule has 4 heteroatoms. The number of likely N-dealkylation sites (N-methyl/N-ethyl adjacent to an activating group) is 1. The Labute approximate surface area is 108 Å². The van der Waals surface area contributed by atoms with Crippen LogP contribution >= 0.6 is 0 Å². The first-order valence-corrected chi connectivity index (χ1v) is 6.34. The summed E-state index contributed by atoms with van der Waals surface area (Å²) in [6.07, 6.45) is -0.141. The average molecular weight is 256 g/mol. The van der Waals surface area contributed by atoms with Crippen LogP contribution < -0.4 is 5.73 Å². The summed E-state index contributed by atoms with van der Waals surface area (Å²) >= 11 is 0. The maximum absolute atomic E-state index is 12.2. The smallest absolute Gasteiger partial charge is 0.251 e. The predicted molar refractivity (Wildman–Crippen MR) is 70.9 cm³/mol. The lowest BCUT2D eigenvalue weighted by Crippen LogP contribution is -2.32. The third-order valence-corrected chi connectivity index (χ3v) is 2.90. The molecule has 0 amide bonds. The quantitative estimate of drug-likeness (QED) is 0.813. The van der Waals surface area contributed by atoms with Crippen LogP contribution in [0.25, 0.3) is 0 Å². The highest BCUT2D eigenvalue weighted by Crippen LogP contribution is 2.14. The zero-order valence-corrected chi connectivity index (χ0v) is 11.1. The number of hydrogen-bond donors (Lipinski definition) is 1. The van der Waals surface area contributed by atoms with Crippen LogP contribution in [0.3, 0.4) is 0 Å². The van der Waals surface area contributed by atoms with E-state index in [2.05, 4.69) is 19.1 Å². The van der Waals surface area contributed by atoms with Gasteiger partial charge in [0.25, 0.3) is 6.43 Å². The Hall–Kier alpha value is -1.00. The number of benzene rings is 1. The molecule has 1 aromatic carbocycles. The van der Waals surface area contributed by atoms with Gasteiger partial charge in [0.05, 0.1) is 6.54 Å². The highest BCUT2D eigenvalue weighted by molar-refractivity contribution is 5.25. The normalized spacial score (nSPS) is 13.3. The predicted octanol–water partition coefficient (Wildman–Crippen LogP) is 2.84. The monoisotopic (exact) mass is 256 g/mol. The minimum atomic E-state index is -2.31. The van der Waals surface area contributed by atoms with E-state index < -0.39 is 6.43 Å². The van der Waals surface area contributed by atoms with E-state index in [-0.39, 0.29) is 12.6 Å². The van der Waals surface area contributed by atoms with Gasteiger partial charge in [-0.3, -0.25) is 4.90 Å². The fourth-order valence-electron chi connectivity index (χ4n) is 1.97. The molecule has 2 N–H and O–H groups in total. The van der Waals surface area contributed by atoms with Gasteiger partial charge in [0.1, 0.15) is 0 Å². The molecule has 18 heavy (non-hydrogen) atoms. The minimum absolute atomic E-state index is 0.218. The Balaban J connectivity index is 2.52. The molecule has 1 rings (SSSR count). The molecule has 0 aliphatic rings. The minimum Gasteiger partial charge on any atom is -0.323 e. The molecule has 0 aliphatic carbocycles. The summed E-state index contributed by atoms with van der Waals surface area (Å²) in [4.78, 5) is 1.56. The summed E-state index contributed by atoms with van der Waals surface area (Å²) in [6.45, 7) is 2.35. The van der Waals surface area contributed by atoms with Gasteiger partial charge in [0, 0.05) is 12.6 Å². The van der Waals surface area contributed by atoms with E-state index >= 15 is 0 Å². The largest absolute Gasteiger partial charge is 0.323 e. The second-order valence-electron chi connectivity index (χ2n) is 4.71. The Morgan fingerprint density at radius 2 is 1.78 bits per heavy atom. The Bertz CT molecular complexity index is 338. The highest BCUT2D eigenvalue weighted by Gasteiger charge is 2.12. The zero-order valence-electron chi connectivity index (χ0n) is 11.1. The Kier molecular flexibility index (Phi) is 6.22. The Morgan fingerprint density at radius 1 is 1.17 bits per heavy atom. The van der Waals surface area contributed by atoms with Gasteiger partial charge in [-0.25, -0.2) is 8.78 Å². The molecule has 0 radical (unpaired) electrons. The van der Waals surface area contributed by atoms with Crippen molar-refractivity contribution in [2.45, 2.75) is 32.2 Å². The van der Waals surface area contributed by atoms with Crippen molar-refractivity contribution in [2.75, 3.05) is 20.1 Å². The van der Waals surface area contributed by atoms with Crippen molar-refractivity contribution in [1.82, 2.24) is 4.90 Å². The zero-order chi connectivity index (χ0) is 13.5. The van der Waals surface area contributed by atoms with E-state index in [9.17, 15) is 8.78 Å². The lowest BCUT2D eigenvalue weighted by atomic mass is 10.0. The number of nitrogens with zero attached hydrogens (tertiary/aromatic N) is 1. The van der Waals surface area contributed by atoms with E-state index in [0.717, 1.165) is 18.4 Å². The van der Waals surface area contributed by atoms with Crippen LogP contribution in [-0.2, 0) is 6.42 Å². The standard InChI is InChI=1S/C14H22F2N2/c1-3-4-11-5-7-12(8-6-11)13(17)9-18(2)10-14(15)16/h5-8,13-14H,3-4,9-10,17H2,1-2H3. The van der Waals surface area contributed by atoms with Crippen LogP contribution in [0, 0.1) is 0 Å². The van der Waals surface area contributed by atoms with Crippen molar-refractivity contribution in [2.24, 2.45) is 5.73 Å². The number of nitrogens with two attached hydrogens (primary N) is 1. The van der Waals surface area contributed by atoms with E-state index in [1.54, 1.807) is 11.9 Å². The summed E-state index contributed by atoms with van der Waals surface area (Å²) in [5.74, 6) is 0. The SMILES string of the molecule is CCCc1ccc(C(N)CN(C)CC(F)F)cc1. The van der Waals surface area contributed by atoms with E-state index in [4.69, 9.17) is 5.73 Å². The van der Waals surface area contributed by atoms with Crippen molar-refractivity contribution in [3.05, 3.63) is 35.4 Å². The highest BCUT2D eigenvalue weighted by atomic mass is 19.3. The third-order valence-electron chi connectivity index (χ3n) is 2.90. The van der Waals surface area contributed by atoms with Crippen LogP contribution in [0.4, 0.5) is 8.78 Å². The number of aryl methyl sites for hydroxylation is 1. The first kappa shape index (κ1) is 15.1. The van der Waals surface area contributed by atoms with E-state index in [1.807, 2.05) is 12.1 Å². The molecule has 0 bridgehead atoms. The van der Waals surface area contributed by atoms with E-state index in [0.29, 0.717) is 6.54 Å². The summed E-state index contributed by atoms with van der Waals surface area (Å²) in [5.41, 5.74) is 8.29. The van der Waals surface area contributed by atoms with Crippen molar-refractivity contribution < 1.29 is 8.78 Å². The summed E-state index contributed by atoms with van der Waals surface area (Å²) in [6, 6.07) is 7.89. The molecule has 1 unspecified atom stereocenters.